The average molecular weight is 482 g/mol. The Morgan fingerprint density at radius 2 is 1.77 bits per heavy atom. The summed E-state index contributed by atoms with van der Waals surface area (Å²) in [5.41, 5.74) is 0.790. The Labute approximate surface area is 206 Å². The van der Waals surface area contributed by atoms with Crippen LogP contribution in [-0.2, 0) is 9.47 Å². The van der Waals surface area contributed by atoms with Crippen molar-refractivity contribution in [2.24, 2.45) is 5.41 Å². The van der Waals surface area contributed by atoms with Crippen molar-refractivity contribution in [3.8, 4) is 23.5 Å². The summed E-state index contributed by atoms with van der Waals surface area (Å²) in [5.74, 6) is 0.596. The summed E-state index contributed by atoms with van der Waals surface area (Å²) >= 11 is 0. The highest BCUT2D eigenvalue weighted by Gasteiger charge is 2.34. The molecule has 10 nitrogen and oxygen atoms in total. The van der Waals surface area contributed by atoms with E-state index in [0.29, 0.717) is 61.5 Å². The number of nitrogens with zero attached hydrogens (tertiary/aromatic N) is 5. The minimum Gasteiger partial charge on any atom is -0.462 e. The van der Waals surface area contributed by atoms with Crippen molar-refractivity contribution in [2.75, 3.05) is 38.9 Å². The maximum Gasteiger partial charge on any atom is 0.316 e. The lowest BCUT2D eigenvalue weighted by atomic mass is 9.83. The second kappa shape index (κ2) is 12.2. The zero-order chi connectivity index (χ0) is 24.5. The molecular weight excluding hydrogens is 446 g/mol. The molecule has 2 aliphatic rings. The van der Waals surface area contributed by atoms with Crippen molar-refractivity contribution < 1.29 is 14.2 Å². The van der Waals surface area contributed by atoms with Gasteiger partial charge < -0.3 is 24.8 Å². The van der Waals surface area contributed by atoms with E-state index in [0.717, 1.165) is 32.3 Å². The Hall–Kier alpha value is -2.87. The standard InChI is InChI=1S/C25H35N7O3/c1-18(15-33-2)29-19-3-5-20(6-4-19)30-23-27-11-7-21(31-23)22-8-12-28-24(32-22)35-17-25(16-26)9-13-34-14-10-25/h7-8,11-12,18-20,29H,3-6,9-10,13-15,17H2,1-2H3,(H,27,30,31)/t18-,19?,20?/m0/s1. The number of nitriles is 1. The molecule has 0 unspecified atom stereocenters. The Kier molecular flexibility index (Phi) is 8.79. The molecule has 1 saturated carbocycles. The van der Waals surface area contributed by atoms with Crippen LogP contribution in [0.1, 0.15) is 45.4 Å². The molecule has 0 radical (unpaired) electrons. The average Bonchev–Trinajstić information content (AvgIpc) is 2.90. The second-order valence-electron chi connectivity index (χ2n) is 9.50. The highest BCUT2D eigenvalue weighted by Crippen LogP contribution is 2.30. The molecule has 2 fully saturated rings. The van der Waals surface area contributed by atoms with Crippen LogP contribution in [0, 0.1) is 16.7 Å². The molecule has 1 saturated heterocycles. The molecule has 2 N–H and O–H groups in total. The van der Waals surface area contributed by atoms with Crippen molar-refractivity contribution in [3.63, 3.8) is 0 Å². The molecule has 35 heavy (non-hydrogen) atoms. The third-order valence-electron chi connectivity index (χ3n) is 6.71. The van der Waals surface area contributed by atoms with Gasteiger partial charge in [-0.15, -0.1) is 0 Å². The van der Waals surface area contributed by atoms with E-state index in [2.05, 4.69) is 43.6 Å². The van der Waals surface area contributed by atoms with Gasteiger partial charge in [0.25, 0.3) is 0 Å². The molecule has 3 heterocycles. The van der Waals surface area contributed by atoms with E-state index in [1.165, 1.54) is 0 Å². The van der Waals surface area contributed by atoms with E-state index >= 15 is 0 Å². The summed E-state index contributed by atoms with van der Waals surface area (Å²) in [6.45, 7) is 4.26. The number of rotatable bonds is 10. The predicted octanol–water partition coefficient (Wildman–Crippen LogP) is 2.98. The van der Waals surface area contributed by atoms with Crippen molar-refractivity contribution in [1.82, 2.24) is 25.3 Å². The van der Waals surface area contributed by atoms with Gasteiger partial charge in [-0.25, -0.2) is 15.0 Å². The highest BCUT2D eigenvalue weighted by atomic mass is 16.5. The van der Waals surface area contributed by atoms with Crippen LogP contribution in [0.3, 0.4) is 0 Å². The Morgan fingerprint density at radius 3 is 2.49 bits per heavy atom. The molecule has 0 aromatic carbocycles. The fourth-order valence-electron chi connectivity index (χ4n) is 4.66. The lowest BCUT2D eigenvalue weighted by molar-refractivity contribution is 0.0174. The molecule has 0 amide bonds. The van der Waals surface area contributed by atoms with Gasteiger partial charge in [-0.1, -0.05) is 0 Å². The van der Waals surface area contributed by atoms with Gasteiger partial charge in [0.1, 0.15) is 6.61 Å². The molecule has 1 atom stereocenters. The SMILES string of the molecule is COC[C@H](C)NC1CCC(Nc2nccc(-c3ccnc(OCC4(C#N)CCOCC4)n3)n2)CC1. The first-order valence-corrected chi connectivity index (χ1v) is 12.4. The topological polar surface area (TPSA) is 127 Å². The molecule has 188 valence electrons. The second-order valence-corrected chi connectivity index (χ2v) is 9.50. The lowest BCUT2D eigenvalue weighted by Crippen LogP contribution is -2.43. The van der Waals surface area contributed by atoms with Gasteiger partial charge in [0, 0.05) is 50.8 Å². The zero-order valence-corrected chi connectivity index (χ0v) is 20.6. The predicted molar refractivity (Wildman–Crippen MR) is 131 cm³/mol. The maximum absolute atomic E-state index is 9.63. The summed E-state index contributed by atoms with van der Waals surface area (Å²) in [6, 6.07) is 7.48. The normalized spacial score (nSPS) is 22.7. The number of hydrogen-bond donors (Lipinski definition) is 2. The van der Waals surface area contributed by atoms with Crippen molar-refractivity contribution in [3.05, 3.63) is 24.5 Å². The molecule has 2 aromatic heterocycles. The van der Waals surface area contributed by atoms with Gasteiger partial charge in [0.2, 0.25) is 5.95 Å². The van der Waals surface area contributed by atoms with Crippen LogP contribution in [0.15, 0.2) is 24.5 Å². The molecule has 4 rings (SSSR count). The maximum atomic E-state index is 9.63. The zero-order valence-electron chi connectivity index (χ0n) is 20.6. The Morgan fingerprint density at radius 1 is 1.09 bits per heavy atom. The third kappa shape index (κ3) is 7.07. The summed E-state index contributed by atoms with van der Waals surface area (Å²) < 4.78 is 16.4. The fourth-order valence-corrected chi connectivity index (χ4v) is 4.66. The quantitative estimate of drug-likeness (QED) is 0.523. The first-order valence-electron chi connectivity index (χ1n) is 12.4. The van der Waals surface area contributed by atoms with Crippen LogP contribution in [0.25, 0.3) is 11.4 Å². The molecule has 1 aliphatic carbocycles. The summed E-state index contributed by atoms with van der Waals surface area (Å²) in [6.07, 6.45) is 9.00. The lowest BCUT2D eigenvalue weighted by Gasteiger charge is -2.31. The minimum absolute atomic E-state index is 0.241. The molecule has 1 aliphatic heterocycles. The first kappa shape index (κ1) is 25.2. The number of aromatic nitrogens is 4. The number of methoxy groups -OCH3 is 1. The molecule has 2 aromatic rings. The Balaban J connectivity index is 1.33. The molecule has 10 heteroatoms. The van der Waals surface area contributed by atoms with Crippen molar-refractivity contribution >= 4 is 5.95 Å². The van der Waals surface area contributed by atoms with E-state index in [4.69, 9.17) is 14.2 Å². The smallest absolute Gasteiger partial charge is 0.316 e. The highest BCUT2D eigenvalue weighted by molar-refractivity contribution is 5.55. The van der Waals surface area contributed by atoms with Gasteiger partial charge in [-0.3, -0.25) is 0 Å². The van der Waals surface area contributed by atoms with Crippen LogP contribution >= 0.6 is 0 Å². The number of anilines is 1. The van der Waals surface area contributed by atoms with E-state index in [-0.39, 0.29) is 12.6 Å². The third-order valence-corrected chi connectivity index (χ3v) is 6.71. The van der Waals surface area contributed by atoms with Gasteiger partial charge >= 0.3 is 6.01 Å². The summed E-state index contributed by atoms with van der Waals surface area (Å²) in [7, 11) is 1.74. The van der Waals surface area contributed by atoms with E-state index in [1.54, 1.807) is 25.6 Å². The number of ether oxygens (including phenoxy) is 3. The van der Waals surface area contributed by atoms with Crippen molar-refractivity contribution in [1.29, 1.82) is 5.26 Å². The fraction of sp³-hybridized carbons (Fsp3) is 0.640. The molecular formula is C25H35N7O3. The minimum atomic E-state index is -0.556. The van der Waals surface area contributed by atoms with Crippen LogP contribution in [0.5, 0.6) is 6.01 Å². The van der Waals surface area contributed by atoms with E-state index < -0.39 is 5.41 Å². The van der Waals surface area contributed by atoms with Gasteiger partial charge in [-0.2, -0.15) is 10.2 Å². The Bertz CT molecular complexity index is 985. The number of hydrogen-bond acceptors (Lipinski definition) is 10. The van der Waals surface area contributed by atoms with Crippen molar-refractivity contribution in [2.45, 2.75) is 63.6 Å². The summed E-state index contributed by atoms with van der Waals surface area (Å²) in [5, 5.41) is 16.8. The summed E-state index contributed by atoms with van der Waals surface area (Å²) in [4.78, 5) is 17.8. The van der Waals surface area contributed by atoms with Crippen LogP contribution in [-0.4, -0.2) is 71.6 Å². The van der Waals surface area contributed by atoms with Crippen LogP contribution in [0.4, 0.5) is 5.95 Å². The largest absolute Gasteiger partial charge is 0.462 e. The molecule has 0 bridgehead atoms. The number of nitrogens with one attached hydrogen (secondary N) is 2. The van der Waals surface area contributed by atoms with E-state index in [1.807, 2.05) is 6.07 Å². The molecule has 0 spiro atoms. The van der Waals surface area contributed by atoms with Gasteiger partial charge in [0.05, 0.1) is 29.5 Å². The first-order chi connectivity index (χ1) is 17.1. The van der Waals surface area contributed by atoms with Crippen LogP contribution in [0.2, 0.25) is 0 Å². The van der Waals surface area contributed by atoms with Crippen LogP contribution < -0.4 is 15.4 Å². The van der Waals surface area contributed by atoms with Gasteiger partial charge in [-0.05, 0) is 57.6 Å². The van der Waals surface area contributed by atoms with Gasteiger partial charge in [0.15, 0.2) is 0 Å². The monoisotopic (exact) mass is 481 g/mol. The van der Waals surface area contributed by atoms with E-state index in [9.17, 15) is 5.26 Å².